The molecular formula is C17H16ClN5O2. The van der Waals surface area contributed by atoms with Gasteiger partial charge in [-0.05, 0) is 30.3 Å². The van der Waals surface area contributed by atoms with Gasteiger partial charge in [-0.15, -0.1) is 5.10 Å². The highest BCUT2D eigenvalue weighted by Crippen LogP contribution is 2.28. The number of nitrogens with zero attached hydrogens (tertiary/aromatic N) is 5. The van der Waals surface area contributed by atoms with Gasteiger partial charge >= 0.3 is 6.09 Å². The number of pyridine rings is 1. The number of carbonyl (C=O) groups is 1. The predicted molar refractivity (Wildman–Crippen MR) is 95.7 cm³/mol. The van der Waals surface area contributed by atoms with Gasteiger partial charge in [-0.2, -0.15) is 0 Å². The molecule has 7 nitrogen and oxygen atoms in total. The third-order valence-electron chi connectivity index (χ3n) is 4.38. The van der Waals surface area contributed by atoms with Crippen molar-refractivity contribution in [3.05, 3.63) is 47.7 Å². The van der Waals surface area contributed by atoms with Crippen LogP contribution < -0.4 is 4.90 Å². The smallest absolute Gasteiger partial charge is 0.407 e. The van der Waals surface area contributed by atoms with Gasteiger partial charge in [0.05, 0.1) is 17.4 Å². The fraction of sp³-hybridized carbons (Fsp3) is 0.235. The normalized spacial score (nSPS) is 14.9. The number of fused-ring (bicyclic) bond motifs is 1. The van der Waals surface area contributed by atoms with Crippen LogP contribution in [0.2, 0.25) is 5.02 Å². The molecule has 1 aliphatic heterocycles. The Balaban J connectivity index is 1.73. The van der Waals surface area contributed by atoms with E-state index in [1.807, 2.05) is 35.0 Å². The number of hydrogen-bond donors (Lipinski definition) is 1. The molecule has 0 bridgehead atoms. The summed E-state index contributed by atoms with van der Waals surface area (Å²) in [6, 6.07) is 9.41. The summed E-state index contributed by atoms with van der Waals surface area (Å²) in [4.78, 5) is 18.9. The minimum absolute atomic E-state index is 0.468. The molecule has 0 atom stereocenters. The molecule has 3 aromatic rings. The maximum Gasteiger partial charge on any atom is 0.407 e. The minimum Gasteiger partial charge on any atom is -0.465 e. The Labute approximate surface area is 149 Å². The summed E-state index contributed by atoms with van der Waals surface area (Å²) >= 11 is 5.98. The number of benzene rings is 1. The predicted octanol–water partition coefficient (Wildman–Crippen LogP) is 2.87. The van der Waals surface area contributed by atoms with Crippen molar-refractivity contribution in [3.63, 3.8) is 0 Å². The van der Waals surface area contributed by atoms with Crippen molar-refractivity contribution >= 4 is 34.4 Å². The summed E-state index contributed by atoms with van der Waals surface area (Å²) in [6.07, 6.45) is 2.65. The third kappa shape index (κ3) is 2.87. The van der Waals surface area contributed by atoms with Crippen molar-refractivity contribution in [3.8, 4) is 5.69 Å². The van der Waals surface area contributed by atoms with Crippen LogP contribution >= 0.6 is 11.6 Å². The summed E-state index contributed by atoms with van der Waals surface area (Å²) in [5.74, 6) is 0.845. The Morgan fingerprint density at radius 1 is 1.08 bits per heavy atom. The second kappa shape index (κ2) is 6.25. The van der Waals surface area contributed by atoms with Crippen molar-refractivity contribution < 1.29 is 9.90 Å². The van der Waals surface area contributed by atoms with E-state index in [0.717, 1.165) is 22.4 Å². The molecule has 1 aliphatic rings. The largest absolute Gasteiger partial charge is 0.465 e. The zero-order chi connectivity index (χ0) is 17.4. The van der Waals surface area contributed by atoms with Crippen LogP contribution in [0.25, 0.3) is 16.6 Å². The van der Waals surface area contributed by atoms with E-state index in [-0.39, 0.29) is 0 Å². The topological polar surface area (TPSA) is 74.5 Å². The van der Waals surface area contributed by atoms with E-state index >= 15 is 0 Å². The van der Waals surface area contributed by atoms with Crippen molar-refractivity contribution in [2.24, 2.45) is 0 Å². The molecule has 3 heterocycles. The average Bonchev–Trinajstić information content (AvgIpc) is 3.02. The number of anilines is 1. The molecule has 128 valence electrons. The van der Waals surface area contributed by atoms with Crippen molar-refractivity contribution in [1.82, 2.24) is 19.7 Å². The lowest BCUT2D eigenvalue weighted by molar-refractivity contribution is 0.142. The highest BCUT2D eigenvalue weighted by Gasteiger charge is 2.24. The van der Waals surface area contributed by atoms with Crippen LogP contribution in [0.15, 0.2) is 42.7 Å². The first-order chi connectivity index (χ1) is 12.1. The highest BCUT2D eigenvalue weighted by molar-refractivity contribution is 6.30. The number of halogens is 1. The second-order valence-corrected chi connectivity index (χ2v) is 6.30. The Morgan fingerprint density at radius 3 is 2.48 bits per heavy atom. The molecule has 1 saturated heterocycles. The van der Waals surface area contributed by atoms with Gasteiger partial charge in [0.15, 0.2) is 5.82 Å². The highest BCUT2D eigenvalue weighted by atomic mass is 35.5. The molecule has 1 amide bonds. The second-order valence-electron chi connectivity index (χ2n) is 5.86. The van der Waals surface area contributed by atoms with E-state index in [4.69, 9.17) is 21.8 Å². The molecule has 1 N–H and O–H groups in total. The van der Waals surface area contributed by atoms with Crippen LogP contribution in [0, 0.1) is 0 Å². The molecule has 4 rings (SSSR count). The first-order valence-corrected chi connectivity index (χ1v) is 8.33. The Kier molecular flexibility index (Phi) is 3.93. The van der Waals surface area contributed by atoms with E-state index in [1.165, 1.54) is 4.90 Å². The number of carboxylic acid groups (broad SMARTS) is 1. The van der Waals surface area contributed by atoms with Gasteiger partial charge in [0.25, 0.3) is 0 Å². The van der Waals surface area contributed by atoms with Gasteiger partial charge in [-0.25, -0.2) is 9.48 Å². The molecule has 0 saturated carbocycles. The monoisotopic (exact) mass is 357 g/mol. The summed E-state index contributed by atoms with van der Waals surface area (Å²) in [5, 5.41) is 15.6. The lowest BCUT2D eigenvalue weighted by Crippen LogP contribution is -2.48. The van der Waals surface area contributed by atoms with E-state index in [0.29, 0.717) is 31.2 Å². The van der Waals surface area contributed by atoms with Crippen molar-refractivity contribution in [1.29, 1.82) is 0 Å². The van der Waals surface area contributed by atoms with Crippen LogP contribution in [0.1, 0.15) is 0 Å². The Bertz CT molecular complexity index is 916. The molecule has 25 heavy (non-hydrogen) atoms. The first kappa shape index (κ1) is 15.7. The van der Waals surface area contributed by atoms with Crippen LogP contribution in [0.5, 0.6) is 0 Å². The Hall–Kier alpha value is -2.80. The average molecular weight is 358 g/mol. The number of hydrogen-bond acceptors (Lipinski definition) is 4. The summed E-state index contributed by atoms with van der Waals surface area (Å²) in [5.41, 5.74) is 1.80. The van der Waals surface area contributed by atoms with Crippen molar-refractivity contribution in [2.45, 2.75) is 0 Å². The number of aromatic nitrogens is 3. The zero-order valence-electron chi connectivity index (χ0n) is 13.3. The third-order valence-corrected chi connectivity index (χ3v) is 4.64. The maximum absolute atomic E-state index is 11.1. The maximum atomic E-state index is 11.1. The number of amides is 1. The fourth-order valence-corrected chi connectivity index (χ4v) is 3.19. The lowest BCUT2D eigenvalue weighted by Gasteiger charge is -2.33. The van der Waals surface area contributed by atoms with Crippen LogP contribution in [0.3, 0.4) is 0 Å². The molecular weight excluding hydrogens is 342 g/mol. The zero-order valence-corrected chi connectivity index (χ0v) is 14.1. The molecule has 0 aliphatic carbocycles. The quantitative estimate of drug-likeness (QED) is 0.763. The van der Waals surface area contributed by atoms with Gasteiger partial charge in [0, 0.05) is 42.8 Å². The molecule has 0 unspecified atom stereocenters. The summed E-state index contributed by atoms with van der Waals surface area (Å²) < 4.78 is 1.84. The fourth-order valence-electron chi connectivity index (χ4n) is 3.07. The summed E-state index contributed by atoms with van der Waals surface area (Å²) in [7, 11) is 0. The van der Waals surface area contributed by atoms with Crippen LogP contribution in [-0.2, 0) is 0 Å². The first-order valence-electron chi connectivity index (χ1n) is 7.95. The lowest BCUT2D eigenvalue weighted by atomic mass is 10.2. The van der Waals surface area contributed by atoms with E-state index in [2.05, 4.69) is 9.88 Å². The van der Waals surface area contributed by atoms with Crippen LogP contribution in [-0.4, -0.2) is 57.0 Å². The Morgan fingerprint density at radius 2 is 1.80 bits per heavy atom. The molecule has 8 heteroatoms. The molecule has 2 aromatic heterocycles. The van der Waals surface area contributed by atoms with Gasteiger partial charge < -0.3 is 14.9 Å². The molecule has 1 aromatic carbocycles. The van der Waals surface area contributed by atoms with Gasteiger partial charge in [0.2, 0.25) is 0 Å². The number of piperazine rings is 1. The minimum atomic E-state index is -0.875. The standard InChI is InChI=1S/C17H16ClN5O2/c18-12-1-3-13(4-2-12)23-15-11-19-6-5-14(15)16(20-23)21-7-9-22(10-8-21)17(24)25/h1-6,11H,7-10H2,(H,24,25). The van der Waals surface area contributed by atoms with E-state index in [9.17, 15) is 4.79 Å². The van der Waals surface area contributed by atoms with Crippen molar-refractivity contribution in [2.75, 3.05) is 31.1 Å². The molecule has 0 radical (unpaired) electrons. The number of rotatable bonds is 2. The summed E-state index contributed by atoms with van der Waals surface area (Å²) in [6.45, 7) is 2.16. The van der Waals surface area contributed by atoms with Gasteiger partial charge in [-0.3, -0.25) is 4.98 Å². The molecule has 1 fully saturated rings. The van der Waals surface area contributed by atoms with E-state index in [1.54, 1.807) is 12.4 Å². The SMILES string of the molecule is O=C(O)N1CCN(c2nn(-c3ccc(Cl)cc3)c3cnccc23)CC1. The van der Waals surface area contributed by atoms with Crippen LogP contribution in [0.4, 0.5) is 10.6 Å². The van der Waals surface area contributed by atoms with Gasteiger partial charge in [0.1, 0.15) is 0 Å². The van der Waals surface area contributed by atoms with E-state index < -0.39 is 6.09 Å². The van der Waals surface area contributed by atoms with Gasteiger partial charge in [-0.1, -0.05) is 11.6 Å². The molecule has 0 spiro atoms.